The standard InChI is InChI=1S/C17H19N3O4/c1-11-10-15(19-24-11)18-17(23)20-8-6-13(7-9-20)16(22)12-2-4-14(21)5-3-12/h2-5,10,13,21H,6-9H2,1H3,(H,18,19,23). The lowest BCUT2D eigenvalue weighted by atomic mass is 9.89. The summed E-state index contributed by atoms with van der Waals surface area (Å²) >= 11 is 0. The molecule has 0 bridgehead atoms. The third-order valence-corrected chi connectivity index (χ3v) is 4.17. The van der Waals surface area contributed by atoms with Crippen LogP contribution in [0.5, 0.6) is 5.75 Å². The molecule has 1 aliphatic heterocycles. The Kier molecular flexibility index (Phi) is 4.50. The van der Waals surface area contributed by atoms with Gasteiger partial charge in [0.15, 0.2) is 11.6 Å². The molecule has 2 aromatic rings. The van der Waals surface area contributed by atoms with Gasteiger partial charge in [0.25, 0.3) is 0 Å². The number of likely N-dealkylation sites (tertiary alicyclic amines) is 1. The number of phenols is 1. The number of Topliss-reactive ketones (excluding diaryl/α,β-unsaturated/α-hetero) is 1. The van der Waals surface area contributed by atoms with Crippen LogP contribution in [0, 0.1) is 12.8 Å². The lowest BCUT2D eigenvalue weighted by Crippen LogP contribution is -2.42. The first-order chi connectivity index (χ1) is 11.5. The molecular formula is C17H19N3O4. The van der Waals surface area contributed by atoms with Crippen LogP contribution in [0.3, 0.4) is 0 Å². The van der Waals surface area contributed by atoms with Crippen LogP contribution in [0.25, 0.3) is 0 Å². The van der Waals surface area contributed by atoms with E-state index in [9.17, 15) is 14.7 Å². The lowest BCUT2D eigenvalue weighted by Gasteiger charge is -2.31. The molecule has 0 saturated carbocycles. The van der Waals surface area contributed by atoms with Gasteiger partial charge in [0, 0.05) is 30.6 Å². The molecule has 0 aliphatic carbocycles. The van der Waals surface area contributed by atoms with Gasteiger partial charge in [0.05, 0.1) is 0 Å². The summed E-state index contributed by atoms with van der Waals surface area (Å²) in [6, 6.07) is 7.69. The maximum Gasteiger partial charge on any atom is 0.323 e. The van der Waals surface area contributed by atoms with Crippen molar-refractivity contribution in [3.05, 3.63) is 41.7 Å². The molecule has 24 heavy (non-hydrogen) atoms. The zero-order chi connectivity index (χ0) is 17.1. The number of ketones is 1. The van der Waals surface area contributed by atoms with Crippen LogP contribution in [-0.2, 0) is 0 Å². The van der Waals surface area contributed by atoms with Gasteiger partial charge in [-0.05, 0) is 44.0 Å². The summed E-state index contributed by atoms with van der Waals surface area (Å²) in [6.07, 6.45) is 1.23. The number of urea groups is 1. The van der Waals surface area contributed by atoms with E-state index in [0.717, 1.165) is 0 Å². The maximum absolute atomic E-state index is 12.5. The molecule has 0 spiro atoms. The minimum Gasteiger partial charge on any atom is -0.508 e. The number of amides is 2. The number of nitrogens with zero attached hydrogens (tertiary/aromatic N) is 2. The van der Waals surface area contributed by atoms with Crippen LogP contribution in [0.2, 0.25) is 0 Å². The van der Waals surface area contributed by atoms with Gasteiger partial charge in [0.2, 0.25) is 0 Å². The molecule has 7 nitrogen and oxygen atoms in total. The van der Waals surface area contributed by atoms with E-state index in [0.29, 0.717) is 43.1 Å². The van der Waals surface area contributed by atoms with Crippen LogP contribution < -0.4 is 5.32 Å². The van der Waals surface area contributed by atoms with Gasteiger partial charge in [-0.15, -0.1) is 0 Å². The topological polar surface area (TPSA) is 95.7 Å². The number of rotatable bonds is 3. The number of hydrogen-bond donors (Lipinski definition) is 2. The Labute approximate surface area is 139 Å². The van der Waals surface area contributed by atoms with Crippen LogP contribution in [0.15, 0.2) is 34.9 Å². The summed E-state index contributed by atoms with van der Waals surface area (Å²) in [7, 11) is 0. The van der Waals surface area contributed by atoms with Gasteiger partial charge in [-0.1, -0.05) is 5.16 Å². The smallest absolute Gasteiger partial charge is 0.323 e. The fourth-order valence-electron chi connectivity index (χ4n) is 2.82. The van der Waals surface area contributed by atoms with Crippen molar-refractivity contribution in [1.29, 1.82) is 0 Å². The van der Waals surface area contributed by atoms with E-state index in [-0.39, 0.29) is 23.5 Å². The first-order valence-corrected chi connectivity index (χ1v) is 7.85. The van der Waals surface area contributed by atoms with Crippen LogP contribution in [0.4, 0.5) is 10.6 Å². The van der Waals surface area contributed by atoms with Crippen molar-refractivity contribution in [1.82, 2.24) is 10.1 Å². The Morgan fingerprint density at radius 2 is 1.92 bits per heavy atom. The molecular weight excluding hydrogens is 310 g/mol. The van der Waals surface area contributed by atoms with Crippen LogP contribution in [-0.4, -0.2) is 40.1 Å². The Morgan fingerprint density at radius 3 is 2.50 bits per heavy atom. The maximum atomic E-state index is 12.5. The second-order valence-corrected chi connectivity index (χ2v) is 5.93. The first kappa shape index (κ1) is 16.0. The zero-order valence-electron chi connectivity index (χ0n) is 13.4. The molecule has 0 unspecified atom stereocenters. The highest BCUT2D eigenvalue weighted by atomic mass is 16.5. The SMILES string of the molecule is Cc1cc(NC(=O)N2CCC(C(=O)c3ccc(O)cc3)CC2)no1. The molecule has 1 fully saturated rings. The molecule has 0 atom stereocenters. The average Bonchev–Trinajstić information content (AvgIpc) is 3.00. The van der Waals surface area contributed by atoms with Gasteiger partial charge >= 0.3 is 6.03 Å². The van der Waals surface area contributed by atoms with Gasteiger partial charge in [0.1, 0.15) is 11.5 Å². The number of aryl methyl sites for hydroxylation is 1. The van der Waals surface area contributed by atoms with Crippen molar-refractivity contribution in [2.24, 2.45) is 5.92 Å². The highest BCUT2D eigenvalue weighted by Crippen LogP contribution is 2.23. The second-order valence-electron chi connectivity index (χ2n) is 5.93. The van der Waals surface area contributed by atoms with E-state index in [2.05, 4.69) is 10.5 Å². The van der Waals surface area contributed by atoms with Crippen molar-refractivity contribution >= 4 is 17.6 Å². The van der Waals surface area contributed by atoms with Crippen LogP contribution in [0.1, 0.15) is 29.0 Å². The lowest BCUT2D eigenvalue weighted by molar-refractivity contribution is 0.0859. The van der Waals surface area contributed by atoms with Gasteiger partial charge in [-0.2, -0.15) is 0 Å². The fraction of sp³-hybridized carbons (Fsp3) is 0.353. The molecule has 1 saturated heterocycles. The molecule has 1 aromatic heterocycles. The summed E-state index contributed by atoms with van der Waals surface area (Å²) in [6.45, 7) is 2.78. The van der Waals surface area contributed by atoms with Crippen molar-refractivity contribution < 1.29 is 19.2 Å². The minimum absolute atomic E-state index is 0.0576. The van der Waals surface area contributed by atoms with Crippen molar-refractivity contribution in [2.75, 3.05) is 18.4 Å². The molecule has 7 heteroatoms. The monoisotopic (exact) mass is 329 g/mol. The number of benzene rings is 1. The third-order valence-electron chi connectivity index (χ3n) is 4.17. The normalized spacial score (nSPS) is 15.3. The Hall–Kier alpha value is -2.83. The number of hydrogen-bond acceptors (Lipinski definition) is 5. The molecule has 3 rings (SSSR count). The van der Waals surface area contributed by atoms with Crippen molar-refractivity contribution in [2.45, 2.75) is 19.8 Å². The Balaban J connectivity index is 1.54. The van der Waals surface area contributed by atoms with E-state index in [1.165, 1.54) is 12.1 Å². The first-order valence-electron chi connectivity index (χ1n) is 7.85. The molecule has 1 aliphatic rings. The predicted octanol–water partition coefficient (Wildman–Crippen LogP) is 2.82. The van der Waals surface area contributed by atoms with E-state index < -0.39 is 0 Å². The molecule has 1 aromatic carbocycles. The Morgan fingerprint density at radius 1 is 1.25 bits per heavy atom. The summed E-state index contributed by atoms with van der Waals surface area (Å²) in [5, 5.41) is 15.7. The second kappa shape index (κ2) is 6.74. The number of carbonyl (C=O) groups excluding carboxylic acids is 2. The molecule has 126 valence electrons. The predicted molar refractivity (Wildman–Crippen MR) is 87.0 cm³/mol. The highest BCUT2D eigenvalue weighted by Gasteiger charge is 2.28. The number of carbonyl (C=O) groups is 2. The number of anilines is 1. The summed E-state index contributed by atoms with van der Waals surface area (Å²) in [5.41, 5.74) is 0.591. The van der Waals surface area contributed by atoms with Crippen molar-refractivity contribution in [3.8, 4) is 5.75 Å². The molecule has 2 heterocycles. The van der Waals surface area contributed by atoms with Crippen molar-refractivity contribution in [3.63, 3.8) is 0 Å². The third kappa shape index (κ3) is 3.56. The number of aromatic hydroxyl groups is 1. The number of nitrogens with one attached hydrogen (secondary N) is 1. The van der Waals surface area contributed by atoms with Gasteiger partial charge < -0.3 is 14.5 Å². The summed E-state index contributed by atoms with van der Waals surface area (Å²) < 4.78 is 4.91. The number of piperidine rings is 1. The van der Waals surface area contributed by atoms with E-state index in [4.69, 9.17) is 4.52 Å². The van der Waals surface area contributed by atoms with Crippen LogP contribution >= 0.6 is 0 Å². The zero-order valence-corrected chi connectivity index (χ0v) is 13.4. The molecule has 2 amide bonds. The van der Waals surface area contributed by atoms with E-state index >= 15 is 0 Å². The molecule has 2 N–H and O–H groups in total. The average molecular weight is 329 g/mol. The minimum atomic E-state index is -0.237. The number of phenolic OH excluding ortho intramolecular Hbond substituents is 1. The fourth-order valence-corrected chi connectivity index (χ4v) is 2.82. The molecule has 0 radical (unpaired) electrons. The Bertz CT molecular complexity index is 731. The highest BCUT2D eigenvalue weighted by molar-refractivity contribution is 5.98. The van der Waals surface area contributed by atoms with E-state index in [1.54, 1.807) is 30.0 Å². The van der Waals surface area contributed by atoms with Gasteiger partial charge in [-0.25, -0.2) is 4.79 Å². The van der Waals surface area contributed by atoms with Gasteiger partial charge in [-0.3, -0.25) is 10.1 Å². The largest absolute Gasteiger partial charge is 0.508 e. The summed E-state index contributed by atoms with van der Waals surface area (Å²) in [4.78, 5) is 26.3. The number of aromatic nitrogens is 1. The quantitative estimate of drug-likeness (QED) is 0.844. The van der Waals surface area contributed by atoms with E-state index in [1.807, 2.05) is 0 Å². The summed E-state index contributed by atoms with van der Waals surface area (Å²) in [5.74, 6) is 1.11.